The zero-order valence-electron chi connectivity index (χ0n) is 18.8. The van der Waals surface area contributed by atoms with Crippen molar-refractivity contribution in [2.75, 3.05) is 0 Å². The smallest absolute Gasteiger partial charge is 0.269 e. The topological polar surface area (TPSA) is 83.6 Å². The Labute approximate surface area is 196 Å². The predicted octanol–water partition coefficient (Wildman–Crippen LogP) is 6.07. The lowest BCUT2D eigenvalue weighted by Gasteiger charge is -2.11. The molecule has 34 heavy (non-hydrogen) atoms. The number of ether oxygens (including phenoxy) is 2. The van der Waals surface area contributed by atoms with Crippen molar-refractivity contribution < 1.29 is 19.2 Å². The number of non-ortho nitro benzene ring substituents is 1. The number of carbonyl (C=O) groups is 1. The van der Waals surface area contributed by atoms with E-state index in [-0.39, 0.29) is 23.8 Å². The maximum atomic E-state index is 13.0. The number of nitro benzene ring substituents is 1. The zero-order valence-corrected chi connectivity index (χ0v) is 18.8. The van der Waals surface area contributed by atoms with Crippen LogP contribution in [0.2, 0.25) is 0 Å². The van der Waals surface area contributed by atoms with Crippen LogP contribution in [0.5, 0.6) is 11.5 Å². The number of allylic oxidation sites excluding steroid dienone is 1. The third kappa shape index (κ3) is 3.71. The number of Topliss-reactive ketones (excluding diaryl/α,β-unsaturated/α-hetero) is 1. The molecule has 0 spiro atoms. The van der Waals surface area contributed by atoms with Gasteiger partial charge in [0, 0.05) is 46.9 Å². The summed E-state index contributed by atoms with van der Waals surface area (Å²) < 4.78 is 14.1. The largest absolute Gasteiger partial charge is 0.488 e. The van der Waals surface area contributed by atoms with Crippen LogP contribution in [0.3, 0.4) is 0 Å². The van der Waals surface area contributed by atoms with E-state index in [9.17, 15) is 14.9 Å². The fraction of sp³-hybridized carbons (Fsp3) is 0.148. The number of nitro groups is 1. The van der Waals surface area contributed by atoms with Gasteiger partial charge in [-0.25, -0.2) is 0 Å². The lowest BCUT2D eigenvalue weighted by atomic mass is 10.1. The molecule has 0 unspecified atom stereocenters. The molecule has 0 amide bonds. The lowest BCUT2D eigenvalue weighted by molar-refractivity contribution is -0.384. The van der Waals surface area contributed by atoms with Crippen molar-refractivity contribution in [3.8, 4) is 11.5 Å². The Bertz CT molecular complexity index is 1460. The molecule has 0 atom stereocenters. The van der Waals surface area contributed by atoms with Crippen LogP contribution in [-0.4, -0.2) is 15.3 Å². The van der Waals surface area contributed by atoms with E-state index in [0.29, 0.717) is 17.1 Å². The molecule has 1 aliphatic rings. The number of rotatable bonds is 6. The molecule has 0 aliphatic carbocycles. The second-order valence-electron chi connectivity index (χ2n) is 8.10. The minimum Gasteiger partial charge on any atom is -0.488 e. The lowest BCUT2D eigenvalue weighted by Crippen LogP contribution is -1.99. The number of hydrogen-bond acceptors (Lipinski definition) is 5. The van der Waals surface area contributed by atoms with Crippen molar-refractivity contribution in [1.29, 1.82) is 0 Å². The van der Waals surface area contributed by atoms with Crippen LogP contribution in [-0.2, 0) is 13.2 Å². The number of ketones is 1. The number of benzene rings is 3. The number of hydrogen-bond donors (Lipinski definition) is 0. The van der Waals surface area contributed by atoms with Crippen molar-refractivity contribution in [3.63, 3.8) is 0 Å². The first-order valence-corrected chi connectivity index (χ1v) is 11.0. The van der Waals surface area contributed by atoms with Gasteiger partial charge in [-0.2, -0.15) is 0 Å². The van der Waals surface area contributed by atoms with Crippen LogP contribution in [0.1, 0.15) is 34.0 Å². The summed E-state index contributed by atoms with van der Waals surface area (Å²) in [6, 6.07) is 17.8. The minimum atomic E-state index is -0.436. The Kier molecular flexibility index (Phi) is 5.37. The van der Waals surface area contributed by atoms with E-state index in [1.807, 2.05) is 31.3 Å². The fourth-order valence-electron chi connectivity index (χ4n) is 4.19. The van der Waals surface area contributed by atoms with Gasteiger partial charge in [-0.05, 0) is 55.8 Å². The molecule has 2 heterocycles. The molecule has 1 aliphatic heterocycles. The van der Waals surface area contributed by atoms with Gasteiger partial charge < -0.3 is 14.0 Å². The molecule has 1 aromatic heterocycles. The van der Waals surface area contributed by atoms with E-state index in [0.717, 1.165) is 34.1 Å². The van der Waals surface area contributed by atoms with Gasteiger partial charge in [0.15, 0.2) is 5.76 Å². The van der Waals surface area contributed by atoms with Gasteiger partial charge in [0.25, 0.3) is 5.69 Å². The minimum absolute atomic E-state index is 0.0331. The summed E-state index contributed by atoms with van der Waals surface area (Å²) in [6.45, 7) is 5.00. The number of para-hydroxylation sites is 1. The molecule has 0 saturated carbocycles. The van der Waals surface area contributed by atoms with Gasteiger partial charge >= 0.3 is 0 Å². The summed E-state index contributed by atoms with van der Waals surface area (Å²) in [4.78, 5) is 23.4. The molecular formula is C27H22N2O5. The van der Waals surface area contributed by atoms with Crippen molar-refractivity contribution in [1.82, 2.24) is 4.57 Å². The second-order valence-corrected chi connectivity index (χ2v) is 8.10. The zero-order chi connectivity index (χ0) is 23.8. The van der Waals surface area contributed by atoms with Crippen LogP contribution in [0.4, 0.5) is 5.69 Å². The Morgan fingerprint density at radius 1 is 1.09 bits per heavy atom. The Morgan fingerprint density at radius 2 is 1.85 bits per heavy atom. The van der Waals surface area contributed by atoms with Gasteiger partial charge in [0.05, 0.1) is 10.5 Å². The number of fused-ring (bicyclic) bond motifs is 2. The Balaban J connectivity index is 1.40. The second kappa shape index (κ2) is 8.51. The van der Waals surface area contributed by atoms with Gasteiger partial charge in [-0.1, -0.05) is 18.2 Å². The monoisotopic (exact) mass is 454 g/mol. The maximum Gasteiger partial charge on any atom is 0.269 e. The highest BCUT2D eigenvalue weighted by molar-refractivity contribution is 6.15. The average molecular weight is 454 g/mol. The van der Waals surface area contributed by atoms with E-state index < -0.39 is 4.92 Å². The molecule has 0 N–H and O–H groups in total. The number of aromatic nitrogens is 1. The quantitative estimate of drug-likeness (QED) is 0.200. The van der Waals surface area contributed by atoms with Gasteiger partial charge in [0.2, 0.25) is 5.78 Å². The first kappa shape index (κ1) is 21.5. The summed E-state index contributed by atoms with van der Waals surface area (Å²) in [6.07, 6.45) is 3.83. The van der Waals surface area contributed by atoms with Crippen molar-refractivity contribution >= 4 is 28.4 Å². The van der Waals surface area contributed by atoms with E-state index >= 15 is 0 Å². The van der Waals surface area contributed by atoms with Gasteiger partial charge in [0.1, 0.15) is 18.1 Å². The van der Waals surface area contributed by atoms with Crippen molar-refractivity contribution in [2.45, 2.75) is 27.0 Å². The third-order valence-corrected chi connectivity index (χ3v) is 6.02. The highest BCUT2D eigenvalue weighted by Gasteiger charge is 2.30. The summed E-state index contributed by atoms with van der Waals surface area (Å²) in [5.41, 5.74) is 4.11. The van der Waals surface area contributed by atoms with Crippen LogP contribution in [0.15, 0.2) is 72.6 Å². The third-order valence-electron chi connectivity index (χ3n) is 6.02. The normalized spacial score (nSPS) is 13.8. The molecule has 7 nitrogen and oxygen atoms in total. The molecule has 3 aromatic carbocycles. The van der Waals surface area contributed by atoms with Gasteiger partial charge in [-0.15, -0.1) is 0 Å². The van der Waals surface area contributed by atoms with E-state index in [4.69, 9.17) is 9.47 Å². The molecule has 170 valence electrons. The number of nitrogens with zero attached hydrogens (tertiary/aromatic N) is 2. The van der Waals surface area contributed by atoms with E-state index in [1.54, 1.807) is 30.3 Å². The maximum absolute atomic E-state index is 13.0. The van der Waals surface area contributed by atoms with Gasteiger partial charge in [-0.3, -0.25) is 14.9 Å². The summed E-state index contributed by atoms with van der Waals surface area (Å²) in [5, 5.41) is 11.9. The summed E-state index contributed by atoms with van der Waals surface area (Å²) in [7, 11) is 0. The fourth-order valence-corrected chi connectivity index (χ4v) is 4.19. The van der Waals surface area contributed by atoms with Crippen LogP contribution < -0.4 is 9.47 Å². The Morgan fingerprint density at radius 3 is 2.59 bits per heavy atom. The first-order valence-electron chi connectivity index (χ1n) is 11.0. The molecule has 0 bridgehead atoms. The molecule has 0 fully saturated rings. The van der Waals surface area contributed by atoms with Crippen molar-refractivity contribution in [2.24, 2.45) is 0 Å². The standard InChI is InChI=1S/C27H22N2O5/c1-3-28-15-19(21-6-4-5-7-23(21)28)14-25-26(30)22-12-13-24(17(2)27(22)34-25)33-16-18-8-10-20(11-9-18)29(31)32/h4-15H,3,16H2,1-2H3/b25-14-. The number of aryl methyl sites for hydroxylation is 1. The predicted molar refractivity (Wildman–Crippen MR) is 129 cm³/mol. The first-order chi connectivity index (χ1) is 16.5. The number of carbonyl (C=O) groups excluding carboxylic acids is 1. The van der Waals surface area contributed by atoms with Crippen molar-refractivity contribution in [3.05, 3.63) is 105 Å². The molecule has 0 saturated heterocycles. The van der Waals surface area contributed by atoms with Crippen LogP contribution in [0, 0.1) is 17.0 Å². The Hall–Kier alpha value is -4.39. The summed E-state index contributed by atoms with van der Waals surface area (Å²) in [5.74, 6) is 1.21. The SMILES string of the molecule is CCn1cc(/C=C2\Oc3c(ccc(OCc4ccc([N+](=O)[O-])cc4)c3C)C2=O)c2ccccc21. The summed E-state index contributed by atoms with van der Waals surface area (Å²) >= 11 is 0. The van der Waals surface area contributed by atoms with E-state index in [2.05, 4.69) is 17.6 Å². The molecular weight excluding hydrogens is 432 g/mol. The highest BCUT2D eigenvalue weighted by Crippen LogP contribution is 2.40. The molecule has 0 radical (unpaired) electrons. The van der Waals surface area contributed by atoms with E-state index in [1.165, 1.54) is 12.1 Å². The molecule has 7 heteroatoms. The van der Waals surface area contributed by atoms with Crippen LogP contribution in [0.25, 0.3) is 17.0 Å². The molecule has 4 aromatic rings. The van der Waals surface area contributed by atoms with Crippen LogP contribution >= 0.6 is 0 Å². The molecule has 5 rings (SSSR count). The highest BCUT2D eigenvalue weighted by atomic mass is 16.6. The average Bonchev–Trinajstić information content (AvgIpc) is 3.37.